The molecule has 0 radical (unpaired) electrons. The molecule has 1 fully saturated rings. The number of rotatable bonds is 2. The van der Waals surface area contributed by atoms with Crippen LogP contribution in [0.15, 0.2) is 18.2 Å². The summed E-state index contributed by atoms with van der Waals surface area (Å²) in [5, 5.41) is 0. The van der Waals surface area contributed by atoms with Crippen molar-refractivity contribution >= 4 is 12.3 Å². The van der Waals surface area contributed by atoms with Crippen molar-refractivity contribution in [3.63, 3.8) is 0 Å². The van der Waals surface area contributed by atoms with Crippen LogP contribution in [0.3, 0.4) is 0 Å². The van der Waals surface area contributed by atoms with Crippen LogP contribution in [0.4, 0.5) is 0 Å². The molecule has 2 aliphatic heterocycles. The highest BCUT2D eigenvalue weighted by Crippen LogP contribution is 2.31. The van der Waals surface area contributed by atoms with E-state index in [2.05, 4.69) is 0 Å². The monoisotopic (exact) mass is 276 g/mol. The Labute approximate surface area is 116 Å². The van der Waals surface area contributed by atoms with Crippen LogP contribution in [0, 0.1) is 0 Å². The summed E-state index contributed by atoms with van der Waals surface area (Å²) < 4.78 is 10.9. The minimum Gasteiger partial charge on any atom is -0.486 e. The van der Waals surface area contributed by atoms with Gasteiger partial charge in [0.2, 0.25) is 6.41 Å². The first-order valence-electron chi connectivity index (χ1n) is 6.66. The number of nitrogens with zero attached hydrogens (tertiary/aromatic N) is 2. The molecule has 0 N–H and O–H groups in total. The minimum absolute atomic E-state index is 0.0347. The molecule has 0 bridgehead atoms. The summed E-state index contributed by atoms with van der Waals surface area (Å²) in [5.41, 5.74) is 0.591. The van der Waals surface area contributed by atoms with Crippen LogP contribution in [0.25, 0.3) is 0 Å². The Morgan fingerprint density at radius 3 is 2.45 bits per heavy atom. The first-order chi connectivity index (χ1) is 9.78. The average Bonchev–Trinajstić information content (AvgIpc) is 2.54. The molecule has 1 saturated heterocycles. The number of hydrogen-bond acceptors (Lipinski definition) is 4. The number of hydrogen-bond donors (Lipinski definition) is 0. The Morgan fingerprint density at radius 2 is 1.75 bits per heavy atom. The number of ether oxygens (including phenoxy) is 2. The van der Waals surface area contributed by atoms with Gasteiger partial charge >= 0.3 is 0 Å². The molecule has 6 nitrogen and oxygen atoms in total. The van der Waals surface area contributed by atoms with Crippen LogP contribution in [0.2, 0.25) is 0 Å². The summed E-state index contributed by atoms with van der Waals surface area (Å²) in [6.45, 7) is 3.33. The van der Waals surface area contributed by atoms with Crippen LogP contribution < -0.4 is 9.47 Å². The average molecular weight is 276 g/mol. The van der Waals surface area contributed by atoms with Crippen molar-refractivity contribution in [1.82, 2.24) is 9.80 Å². The van der Waals surface area contributed by atoms with Crippen LogP contribution >= 0.6 is 0 Å². The Morgan fingerprint density at radius 1 is 1.05 bits per heavy atom. The van der Waals surface area contributed by atoms with Crippen LogP contribution in [0.1, 0.15) is 10.4 Å². The molecule has 2 aliphatic rings. The third-order valence-corrected chi connectivity index (χ3v) is 3.54. The predicted octanol–water partition coefficient (Wildman–Crippen LogP) is 0.372. The van der Waals surface area contributed by atoms with E-state index in [1.165, 1.54) is 0 Å². The van der Waals surface area contributed by atoms with E-state index in [-0.39, 0.29) is 5.91 Å². The zero-order chi connectivity index (χ0) is 13.9. The lowest BCUT2D eigenvalue weighted by molar-refractivity contribution is -0.119. The normalized spacial score (nSPS) is 17.8. The van der Waals surface area contributed by atoms with Gasteiger partial charge < -0.3 is 19.3 Å². The van der Waals surface area contributed by atoms with Gasteiger partial charge in [0, 0.05) is 31.7 Å². The van der Waals surface area contributed by atoms with Gasteiger partial charge in [0.05, 0.1) is 0 Å². The zero-order valence-corrected chi connectivity index (χ0v) is 11.1. The molecule has 0 unspecified atom stereocenters. The second-order valence-corrected chi connectivity index (χ2v) is 4.79. The molecule has 2 heterocycles. The molecule has 106 valence electrons. The van der Waals surface area contributed by atoms with E-state index in [1.54, 1.807) is 28.0 Å². The first-order valence-corrected chi connectivity index (χ1v) is 6.66. The number of carbonyl (C=O) groups excluding carboxylic acids is 2. The topological polar surface area (TPSA) is 59.1 Å². The van der Waals surface area contributed by atoms with Crippen molar-refractivity contribution in [2.24, 2.45) is 0 Å². The van der Waals surface area contributed by atoms with Gasteiger partial charge in [-0.25, -0.2) is 0 Å². The highest BCUT2D eigenvalue weighted by molar-refractivity contribution is 5.95. The van der Waals surface area contributed by atoms with Gasteiger partial charge in [0.1, 0.15) is 13.2 Å². The molecule has 0 aliphatic carbocycles. The quantitative estimate of drug-likeness (QED) is 0.732. The number of piperazine rings is 1. The van der Waals surface area contributed by atoms with Gasteiger partial charge in [0.15, 0.2) is 11.5 Å². The standard InChI is InChI=1S/C14H16N2O4/c17-10-15-3-5-16(6-4-15)14(18)11-1-2-12-13(9-11)20-8-7-19-12/h1-2,9-10H,3-8H2. The van der Waals surface area contributed by atoms with Crippen molar-refractivity contribution in [2.75, 3.05) is 39.4 Å². The molecule has 1 aromatic rings. The van der Waals surface area contributed by atoms with E-state index >= 15 is 0 Å². The zero-order valence-electron chi connectivity index (χ0n) is 11.1. The molecule has 2 amide bonds. The van der Waals surface area contributed by atoms with Crippen molar-refractivity contribution in [3.8, 4) is 11.5 Å². The molecule has 0 spiro atoms. The predicted molar refractivity (Wildman–Crippen MR) is 71.0 cm³/mol. The highest BCUT2D eigenvalue weighted by Gasteiger charge is 2.23. The number of fused-ring (bicyclic) bond motifs is 1. The fraction of sp³-hybridized carbons (Fsp3) is 0.429. The highest BCUT2D eigenvalue weighted by atomic mass is 16.6. The molecule has 1 aromatic carbocycles. The van der Waals surface area contributed by atoms with Gasteiger partial charge in [-0.2, -0.15) is 0 Å². The maximum absolute atomic E-state index is 12.4. The number of amides is 2. The lowest BCUT2D eigenvalue weighted by Gasteiger charge is -2.32. The second-order valence-electron chi connectivity index (χ2n) is 4.79. The summed E-state index contributed by atoms with van der Waals surface area (Å²) in [7, 11) is 0. The van der Waals surface area contributed by atoms with Crippen molar-refractivity contribution < 1.29 is 19.1 Å². The Bertz CT molecular complexity index is 524. The molecule has 0 aromatic heterocycles. The van der Waals surface area contributed by atoms with E-state index < -0.39 is 0 Å². The van der Waals surface area contributed by atoms with Crippen molar-refractivity contribution in [2.45, 2.75) is 0 Å². The summed E-state index contributed by atoms with van der Waals surface area (Å²) >= 11 is 0. The molecule has 3 rings (SSSR count). The Balaban J connectivity index is 1.72. The Hall–Kier alpha value is -2.24. The summed E-state index contributed by atoms with van der Waals surface area (Å²) in [5.74, 6) is 1.26. The van der Waals surface area contributed by atoms with E-state index in [0.29, 0.717) is 56.5 Å². The van der Waals surface area contributed by atoms with Crippen LogP contribution in [0.5, 0.6) is 11.5 Å². The molecular formula is C14H16N2O4. The SMILES string of the molecule is O=CN1CCN(C(=O)c2ccc3c(c2)OCCO3)CC1. The summed E-state index contributed by atoms with van der Waals surface area (Å²) in [4.78, 5) is 26.5. The fourth-order valence-electron chi connectivity index (χ4n) is 2.39. The van der Waals surface area contributed by atoms with Gasteiger partial charge in [0.25, 0.3) is 5.91 Å². The molecular weight excluding hydrogens is 260 g/mol. The van der Waals surface area contributed by atoms with Gasteiger partial charge in [-0.3, -0.25) is 9.59 Å². The summed E-state index contributed by atoms with van der Waals surface area (Å²) in [6.07, 6.45) is 0.825. The van der Waals surface area contributed by atoms with Gasteiger partial charge in [-0.05, 0) is 18.2 Å². The number of carbonyl (C=O) groups is 2. The lowest BCUT2D eigenvalue weighted by Crippen LogP contribution is -2.48. The maximum Gasteiger partial charge on any atom is 0.254 e. The van der Waals surface area contributed by atoms with E-state index in [4.69, 9.17) is 9.47 Å². The number of benzene rings is 1. The third-order valence-electron chi connectivity index (χ3n) is 3.54. The van der Waals surface area contributed by atoms with Gasteiger partial charge in [-0.15, -0.1) is 0 Å². The first kappa shape index (κ1) is 12.8. The van der Waals surface area contributed by atoms with E-state index in [0.717, 1.165) is 6.41 Å². The van der Waals surface area contributed by atoms with Crippen molar-refractivity contribution in [3.05, 3.63) is 23.8 Å². The molecule has 20 heavy (non-hydrogen) atoms. The Kier molecular flexibility index (Phi) is 3.45. The second kappa shape index (κ2) is 5.40. The lowest BCUT2D eigenvalue weighted by atomic mass is 10.1. The molecule has 0 saturated carbocycles. The fourth-order valence-corrected chi connectivity index (χ4v) is 2.39. The van der Waals surface area contributed by atoms with E-state index in [9.17, 15) is 9.59 Å². The molecule has 6 heteroatoms. The maximum atomic E-state index is 12.4. The summed E-state index contributed by atoms with van der Waals surface area (Å²) in [6, 6.07) is 5.24. The van der Waals surface area contributed by atoms with Gasteiger partial charge in [-0.1, -0.05) is 0 Å². The minimum atomic E-state index is -0.0347. The van der Waals surface area contributed by atoms with Crippen molar-refractivity contribution in [1.29, 1.82) is 0 Å². The smallest absolute Gasteiger partial charge is 0.254 e. The van der Waals surface area contributed by atoms with Crippen LogP contribution in [-0.4, -0.2) is 61.5 Å². The van der Waals surface area contributed by atoms with Crippen LogP contribution in [-0.2, 0) is 4.79 Å². The largest absolute Gasteiger partial charge is 0.486 e. The van der Waals surface area contributed by atoms with E-state index in [1.807, 2.05) is 0 Å². The molecule has 0 atom stereocenters. The third kappa shape index (κ3) is 2.41.